The summed E-state index contributed by atoms with van der Waals surface area (Å²) in [4.78, 5) is 16.3. The summed E-state index contributed by atoms with van der Waals surface area (Å²) in [7, 11) is 1.58. The van der Waals surface area contributed by atoms with E-state index < -0.39 is 0 Å². The molecule has 0 aliphatic rings. The lowest BCUT2D eigenvalue weighted by molar-refractivity contribution is -0.123. The third kappa shape index (κ3) is 3.97. The molecular formula is C17H16ClN3O3. The van der Waals surface area contributed by atoms with Gasteiger partial charge in [0.1, 0.15) is 17.1 Å². The molecular weight excluding hydrogens is 330 g/mol. The van der Waals surface area contributed by atoms with Crippen LogP contribution < -0.4 is 14.8 Å². The zero-order valence-corrected chi connectivity index (χ0v) is 13.8. The number of nitrogens with one attached hydrogen (secondary N) is 1. The Morgan fingerprint density at radius 1 is 1.25 bits per heavy atom. The van der Waals surface area contributed by atoms with Gasteiger partial charge in [-0.1, -0.05) is 17.7 Å². The van der Waals surface area contributed by atoms with Crippen LogP contribution in [0.2, 0.25) is 5.02 Å². The number of methoxy groups -OCH3 is 1. The molecule has 0 saturated heterocycles. The summed E-state index contributed by atoms with van der Waals surface area (Å²) in [6, 6.07) is 10.7. The highest BCUT2D eigenvalue weighted by atomic mass is 35.5. The first-order chi connectivity index (χ1) is 11.6. The highest BCUT2D eigenvalue weighted by Crippen LogP contribution is 2.18. The lowest BCUT2D eigenvalue weighted by Gasteiger charge is -2.07. The van der Waals surface area contributed by atoms with Crippen LogP contribution in [-0.2, 0) is 11.3 Å². The van der Waals surface area contributed by atoms with E-state index in [2.05, 4.69) is 10.3 Å². The van der Waals surface area contributed by atoms with Gasteiger partial charge in [0.25, 0.3) is 5.91 Å². The van der Waals surface area contributed by atoms with Crippen molar-refractivity contribution >= 4 is 23.2 Å². The van der Waals surface area contributed by atoms with Crippen LogP contribution in [0.1, 0.15) is 5.69 Å². The van der Waals surface area contributed by atoms with Crippen LogP contribution in [0.15, 0.2) is 48.8 Å². The van der Waals surface area contributed by atoms with Crippen LogP contribution in [0.5, 0.6) is 11.5 Å². The Bertz CT molecular complexity index is 863. The van der Waals surface area contributed by atoms with E-state index in [1.165, 1.54) is 0 Å². The molecule has 0 unspecified atom stereocenters. The average molecular weight is 346 g/mol. The highest BCUT2D eigenvalue weighted by Gasteiger charge is 2.06. The van der Waals surface area contributed by atoms with E-state index >= 15 is 0 Å². The molecule has 1 aromatic carbocycles. The number of hydrogen-bond acceptors (Lipinski definition) is 4. The van der Waals surface area contributed by atoms with Crippen molar-refractivity contribution in [2.75, 3.05) is 13.7 Å². The standard InChI is InChI=1S/C17H16ClN3O3/c1-23-14-3-2-4-15(7-14)24-11-17(22)19-8-13-10-21-9-12(18)5-6-16(21)20-13/h2-7,9-10H,8,11H2,1H3,(H,19,22). The quantitative estimate of drug-likeness (QED) is 0.746. The molecule has 2 aromatic heterocycles. The lowest BCUT2D eigenvalue weighted by atomic mass is 10.3. The van der Waals surface area contributed by atoms with Crippen molar-refractivity contribution in [3.63, 3.8) is 0 Å². The Balaban J connectivity index is 1.52. The molecule has 7 heteroatoms. The summed E-state index contributed by atoms with van der Waals surface area (Å²) in [6.45, 7) is 0.242. The second-order valence-corrected chi connectivity index (χ2v) is 5.53. The van der Waals surface area contributed by atoms with Gasteiger partial charge in [-0.3, -0.25) is 4.79 Å². The lowest BCUT2D eigenvalue weighted by Crippen LogP contribution is -2.28. The smallest absolute Gasteiger partial charge is 0.258 e. The SMILES string of the molecule is COc1cccc(OCC(=O)NCc2cn3cc(Cl)ccc3n2)c1. The van der Waals surface area contributed by atoms with Gasteiger partial charge in [0, 0.05) is 18.5 Å². The first-order valence-corrected chi connectivity index (χ1v) is 7.68. The van der Waals surface area contributed by atoms with Gasteiger partial charge in [-0.05, 0) is 24.3 Å². The number of imidazole rings is 1. The van der Waals surface area contributed by atoms with Gasteiger partial charge in [0.05, 0.1) is 24.4 Å². The Morgan fingerprint density at radius 3 is 2.92 bits per heavy atom. The molecule has 24 heavy (non-hydrogen) atoms. The number of carbonyl (C=O) groups excluding carboxylic acids is 1. The molecule has 3 rings (SSSR count). The van der Waals surface area contributed by atoms with Crippen LogP contribution in [-0.4, -0.2) is 29.0 Å². The van der Waals surface area contributed by atoms with E-state index in [-0.39, 0.29) is 12.5 Å². The van der Waals surface area contributed by atoms with E-state index in [1.807, 2.05) is 22.7 Å². The van der Waals surface area contributed by atoms with E-state index in [9.17, 15) is 4.79 Å². The fourth-order valence-electron chi connectivity index (χ4n) is 2.18. The van der Waals surface area contributed by atoms with E-state index in [1.54, 1.807) is 37.6 Å². The number of halogens is 1. The molecule has 124 valence electrons. The van der Waals surface area contributed by atoms with Gasteiger partial charge >= 0.3 is 0 Å². The fourth-order valence-corrected chi connectivity index (χ4v) is 2.35. The molecule has 0 aliphatic heterocycles. The van der Waals surface area contributed by atoms with Crippen LogP contribution in [0.25, 0.3) is 5.65 Å². The Kier molecular flexibility index (Phi) is 4.86. The van der Waals surface area contributed by atoms with Crippen molar-refractivity contribution in [3.05, 3.63) is 59.5 Å². The van der Waals surface area contributed by atoms with Crippen molar-refractivity contribution < 1.29 is 14.3 Å². The number of benzene rings is 1. The maximum Gasteiger partial charge on any atom is 0.258 e. The van der Waals surface area contributed by atoms with Gasteiger partial charge in [0.15, 0.2) is 6.61 Å². The number of ether oxygens (including phenoxy) is 2. The van der Waals surface area contributed by atoms with Crippen molar-refractivity contribution in [2.24, 2.45) is 0 Å². The van der Waals surface area contributed by atoms with E-state index in [0.29, 0.717) is 23.1 Å². The zero-order chi connectivity index (χ0) is 16.9. The van der Waals surface area contributed by atoms with Gasteiger partial charge in [-0.2, -0.15) is 0 Å². The second-order valence-electron chi connectivity index (χ2n) is 5.09. The Morgan fingerprint density at radius 2 is 2.08 bits per heavy atom. The molecule has 0 radical (unpaired) electrons. The average Bonchev–Trinajstić information content (AvgIpc) is 3.00. The molecule has 1 N–H and O–H groups in total. The molecule has 0 saturated carbocycles. The Hall–Kier alpha value is -2.73. The number of pyridine rings is 1. The van der Waals surface area contributed by atoms with Crippen LogP contribution in [0.3, 0.4) is 0 Å². The number of aromatic nitrogens is 2. The van der Waals surface area contributed by atoms with Gasteiger partial charge in [-0.25, -0.2) is 4.98 Å². The largest absolute Gasteiger partial charge is 0.497 e. The van der Waals surface area contributed by atoms with Gasteiger partial charge in [-0.15, -0.1) is 0 Å². The maximum absolute atomic E-state index is 11.9. The number of hydrogen-bond donors (Lipinski definition) is 1. The predicted molar refractivity (Wildman–Crippen MR) is 90.5 cm³/mol. The third-order valence-electron chi connectivity index (χ3n) is 3.34. The molecule has 0 aliphatic carbocycles. The van der Waals surface area contributed by atoms with Crippen LogP contribution in [0, 0.1) is 0 Å². The van der Waals surface area contributed by atoms with Crippen molar-refractivity contribution in [2.45, 2.75) is 6.54 Å². The Labute approximate surface area is 144 Å². The monoisotopic (exact) mass is 345 g/mol. The maximum atomic E-state index is 11.9. The van der Waals surface area contributed by atoms with E-state index in [0.717, 1.165) is 11.3 Å². The van der Waals surface area contributed by atoms with Gasteiger partial charge < -0.3 is 19.2 Å². The number of nitrogens with zero attached hydrogens (tertiary/aromatic N) is 2. The van der Waals surface area contributed by atoms with Gasteiger partial charge in [0.2, 0.25) is 0 Å². The minimum atomic E-state index is -0.229. The van der Waals surface area contributed by atoms with Crippen molar-refractivity contribution in [1.29, 1.82) is 0 Å². The fraction of sp³-hybridized carbons (Fsp3) is 0.176. The molecule has 1 amide bonds. The normalized spacial score (nSPS) is 10.6. The summed E-state index contributed by atoms with van der Waals surface area (Å²) in [5.41, 5.74) is 1.52. The van der Waals surface area contributed by atoms with Crippen LogP contribution >= 0.6 is 11.6 Å². The summed E-state index contributed by atoms with van der Waals surface area (Å²) in [5, 5.41) is 3.40. The number of amides is 1. The molecule has 3 aromatic rings. The first-order valence-electron chi connectivity index (χ1n) is 7.31. The van der Waals surface area contributed by atoms with Crippen molar-refractivity contribution in [1.82, 2.24) is 14.7 Å². The zero-order valence-electron chi connectivity index (χ0n) is 13.0. The minimum Gasteiger partial charge on any atom is -0.497 e. The van der Waals surface area contributed by atoms with Crippen LogP contribution in [0.4, 0.5) is 0 Å². The van der Waals surface area contributed by atoms with Crippen molar-refractivity contribution in [3.8, 4) is 11.5 Å². The third-order valence-corrected chi connectivity index (χ3v) is 3.57. The van der Waals surface area contributed by atoms with E-state index in [4.69, 9.17) is 21.1 Å². The number of rotatable bonds is 6. The first kappa shape index (κ1) is 16.1. The molecule has 0 atom stereocenters. The summed E-state index contributed by atoms with van der Waals surface area (Å²) in [6.07, 6.45) is 3.59. The topological polar surface area (TPSA) is 64.9 Å². The molecule has 0 bridgehead atoms. The highest BCUT2D eigenvalue weighted by molar-refractivity contribution is 6.30. The number of fused-ring (bicyclic) bond motifs is 1. The number of carbonyl (C=O) groups is 1. The second kappa shape index (κ2) is 7.23. The minimum absolute atomic E-state index is 0.0770. The predicted octanol–water partition coefficient (Wildman–Crippen LogP) is 2.69. The summed E-state index contributed by atoms with van der Waals surface area (Å²) < 4.78 is 12.4. The summed E-state index contributed by atoms with van der Waals surface area (Å²) in [5.74, 6) is 1.02. The molecule has 6 nitrogen and oxygen atoms in total. The molecule has 2 heterocycles. The molecule has 0 spiro atoms. The summed E-state index contributed by atoms with van der Waals surface area (Å²) >= 11 is 5.93. The molecule has 0 fully saturated rings.